The lowest BCUT2D eigenvalue weighted by atomic mass is 10.2. The van der Waals surface area contributed by atoms with Gasteiger partial charge in [-0.25, -0.2) is 12.8 Å². The number of anilines is 1. The summed E-state index contributed by atoms with van der Waals surface area (Å²) in [5.41, 5.74) is 1.62. The molecule has 1 amide bonds. The van der Waals surface area contributed by atoms with Crippen LogP contribution in [-0.4, -0.2) is 49.2 Å². The summed E-state index contributed by atoms with van der Waals surface area (Å²) in [5, 5.41) is 3.20. The number of hydrogen-bond acceptors (Lipinski definition) is 4. The van der Waals surface area contributed by atoms with Crippen LogP contribution in [0.1, 0.15) is 43.2 Å². The van der Waals surface area contributed by atoms with Crippen molar-refractivity contribution in [2.45, 2.75) is 56.5 Å². The highest BCUT2D eigenvalue weighted by atomic mass is 35.5. The van der Waals surface area contributed by atoms with E-state index in [-0.39, 0.29) is 35.8 Å². The van der Waals surface area contributed by atoms with Gasteiger partial charge in [-0.1, -0.05) is 30.2 Å². The van der Waals surface area contributed by atoms with E-state index in [2.05, 4.69) is 5.32 Å². The number of halogens is 2. The minimum atomic E-state index is -3.60. The van der Waals surface area contributed by atoms with Gasteiger partial charge in [0, 0.05) is 41.9 Å². The lowest BCUT2D eigenvalue weighted by molar-refractivity contribution is -0.117. The van der Waals surface area contributed by atoms with Crippen LogP contribution >= 0.6 is 11.6 Å². The van der Waals surface area contributed by atoms with Crippen molar-refractivity contribution in [3.63, 3.8) is 0 Å². The van der Waals surface area contributed by atoms with Crippen molar-refractivity contribution in [2.24, 2.45) is 0 Å². The molecule has 9 heteroatoms. The number of sulfonamides is 1. The number of nitrogens with zero attached hydrogens (tertiary/aromatic N) is 2. The Labute approximate surface area is 199 Å². The van der Waals surface area contributed by atoms with Crippen molar-refractivity contribution >= 4 is 33.2 Å². The topological polar surface area (TPSA) is 69.7 Å². The van der Waals surface area contributed by atoms with E-state index in [1.54, 1.807) is 24.3 Å². The Kier molecular flexibility index (Phi) is 7.38. The number of hydrogen-bond donors (Lipinski definition) is 1. The Bertz CT molecular complexity index is 1110. The van der Waals surface area contributed by atoms with Gasteiger partial charge >= 0.3 is 0 Å². The predicted octanol–water partition coefficient (Wildman–Crippen LogP) is 4.57. The molecule has 6 nitrogen and oxygen atoms in total. The number of piperidine rings is 1. The second kappa shape index (κ2) is 10.1. The summed E-state index contributed by atoms with van der Waals surface area (Å²) in [6, 6.07) is 9.61. The number of rotatable bonds is 8. The Balaban J connectivity index is 1.48. The smallest absolute Gasteiger partial charge is 0.243 e. The van der Waals surface area contributed by atoms with Crippen LogP contribution in [0.2, 0.25) is 5.02 Å². The number of carbonyl (C=O) groups is 1. The van der Waals surface area contributed by atoms with Gasteiger partial charge in [-0.2, -0.15) is 4.31 Å². The zero-order valence-electron chi connectivity index (χ0n) is 18.7. The zero-order chi connectivity index (χ0) is 23.6. The van der Waals surface area contributed by atoms with Gasteiger partial charge in [-0.15, -0.1) is 0 Å². The Hall–Kier alpha value is -2.00. The van der Waals surface area contributed by atoms with Crippen molar-refractivity contribution in [2.75, 3.05) is 25.0 Å². The van der Waals surface area contributed by atoms with Gasteiger partial charge in [0.25, 0.3) is 0 Å². The largest absolute Gasteiger partial charge is 0.325 e. The number of benzene rings is 2. The summed E-state index contributed by atoms with van der Waals surface area (Å²) in [7, 11) is -3.60. The molecule has 1 saturated heterocycles. The van der Waals surface area contributed by atoms with Gasteiger partial charge in [0.1, 0.15) is 5.82 Å². The number of aryl methyl sites for hydroxylation is 1. The molecule has 1 aliphatic heterocycles. The monoisotopic (exact) mass is 493 g/mol. The fourth-order valence-electron chi connectivity index (χ4n) is 4.17. The molecule has 0 aromatic heterocycles. The lowest BCUT2D eigenvalue weighted by Crippen LogP contribution is -2.36. The molecule has 0 radical (unpaired) electrons. The molecule has 4 rings (SSSR count). The normalized spacial score (nSPS) is 17.3. The van der Waals surface area contributed by atoms with Crippen LogP contribution in [0, 0.1) is 12.7 Å². The Morgan fingerprint density at radius 3 is 2.58 bits per heavy atom. The fraction of sp³-hybridized carbons (Fsp3) is 0.458. The molecular formula is C24H29ClFN3O3S. The maximum Gasteiger partial charge on any atom is 0.243 e. The SMILES string of the molecule is Cc1ccc(S(=O)(=O)N2CCCCC2)cc1NC(=O)CN(Cc1c(F)cccc1Cl)C1CC1. The third-order valence-corrected chi connectivity index (χ3v) is 8.52. The van der Waals surface area contributed by atoms with Crippen molar-refractivity contribution in [3.05, 3.63) is 58.4 Å². The highest BCUT2D eigenvalue weighted by molar-refractivity contribution is 7.89. The van der Waals surface area contributed by atoms with Gasteiger partial charge in [-0.05, 0) is 62.4 Å². The molecule has 2 fully saturated rings. The molecule has 2 aromatic carbocycles. The third-order valence-electron chi connectivity index (χ3n) is 6.27. The van der Waals surface area contributed by atoms with E-state index >= 15 is 0 Å². The van der Waals surface area contributed by atoms with Gasteiger partial charge in [0.05, 0.1) is 11.4 Å². The van der Waals surface area contributed by atoms with E-state index in [4.69, 9.17) is 11.6 Å². The average molecular weight is 494 g/mol. The van der Waals surface area contributed by atoms with Gasteiger partial charge in [0.15, 0.2) is 0 Å². The first-order chi connectivity index (χ1) is 15.8. The first-order valence-corrected chi connectivity index (χ1v) is 13.1. The van der Waals surface area contributed by atoms with Crippen LogP contribution in [-0.2, 0) is 21.4 Å². The van der Waals surface area contributed by atoms with Crippen LogP contribution in [0.4, 0.5) is 10.1 Å². The van der Waals surface area contributed by atoms with Crippen molar-refractivity contribution in [1.29, 1.82) is 0 Å². The number of carbonyl (C=O) groups excluding carboxylic acids is 1. The molecule has 1 saturated carbocycles. The summed E-state index contributed by atoms with van der Waals surface area (Å²) >= 11 is 6.18. The molecule has 178 valence electrons. The van der Waals surface area contributed by atoms with Crippen molar-refractivity contribution in [3.8, 4) is 0 Å². The highest BCUT2D eigenvalue weighted by Gasteiger charge is 2.32. The summed E-state index contributed by atoms with van der Waals surface area (Å²) in [6.07, 6.45) is 4.65. The predicted molar refractivity (Wildman–Crippen MR) is 127 cm³/mol. The summed E-state index contributed by atoms with van der Waals surface area (Å²) in [4.78, 5) is 15.0. The quantitative estimate of drug-likeness (QED) is 0.585. The standard InChI is InChI=1S/C24H29ClFN3O3S/c1-17-8-11-19(33(31,32)29-12-3-2-4-13-29)14-23(17)27-24(30)16-28(18-9-10-18)15-20-21(25)6-5-7-22(20)26/h5-8,11,14,18H,2-4,9-10,12-13,15-16H2,1H3,(H,27,30). The maximum absolute atomic E-state index is 14.3. The molecule has 0 spiro atoms. The first kappa shape index (κ1) is 24.1. The Morgan fingerprint density at radius 2 is 1.91 bits per heavy atom. The van der Waals surface area contributed by atoms with Gasteiger partial charge < -0.3 is 5.32 Å². The Morgan fingerprint density at radius 1 is 1.18 bits per heavy atom. The van der Waals surface area contributed by atoms with E-state index in [1.165, 1.54) is 16.4 Å². The van der Waals surface area contributed by atoms with Crippen LogP contribution < -0.4 is 5.32 Å². The second-order valence-corrected chi connectivity index (χ2v) is 11.2. The molecule has 2 aliphatic rings. The minimum absolute atomic E-state index is 0.0673. The average Bonchev–Trinajstić information content (AvgIpc) is 3.63. The van der Waals surface area contributed by atoms with Crippen LogP contribution in [0.5, 0.6) is 0 Å². The van der Waals surface area contributed by atoms with Crippen LogP contribution in [0.3, 0.4) is 0 Å². The van der Waals surface area contributed by atoms with Gasteiger partial charge in [0.2, 0.25) is 15.9 Å². The minimum Gasteiger partial charge on any atom is -0.325 e. The van der Waals surface area contributed by atoms with Gasteiger partial charge in [-0.3, -0.25) is 9.69 Å². The molecule has 1 heterocycles. The summed E-state index contributed by atoms with van der Waals surface area (Å²) in [5.74, 6) is -0.662. The molecule has 1 aliphatic carbocycles. The van der Waals surface area contributed by atoms with E-state index in [1.807, 2.05) is 11.8 Å². The first-order valence-electron chi connectivity index (χ1n) is 11.3. The third kappa shape index (κ3) is 5.74. The molecule has 2 aromatic rings. The molecular weight excluding hydrogens is 465 g/mol. The zero-order valence-corrected chi connectivity index (χ0v) is 20.3. The molecule has 33 heavy (non-hydrogen) atoms. The number of nitrogens with one attached hydrogen (secondary N) is 1. The maximum atomic E-state index is 14.3. The summed E-state index contributed by atoms with van der Waals surface area (Å²) in [6.45, 7) is 3.17. The highest BCUT2D eigenvalue weighted by Crippen LogP contribution is 2.31. The van der Waals surface area contributed by atoms with E-state index < -0.39 is 10.0 Å². The molecule has 0 atom stereocenters. The van der Waals surface area contributed by atoms with E-state index in [0.29, 0.717) is 29.4 Å². The fourth-order valence-corrected chi connectivity index (χ4v) is 5.93. The molecule has 1 N–H and O–H groups in total. The van der Waals surface area contributed by atoms with Crippen molar-refractivity contribution in [1.82, 2.24) is 9.21 Å². The summed E-state index contributed by atoms with van der Waals surface area (Å²) < 4.78 is 41.9. The molecule has 0 bridgehead atoms. The van der Waals surface area contributed by atoms with Crippen LogP contribution in [0.25, 0.3) is 0 Å². The van der Waals surface area contributed by atoms with E-state index in [9.17, 15) is 17.6 Å². The van der Waals surface area contributed by atoms with Crippen LogP contribution in [0.15, 0.2) is 41.3 Å². The molecule has 0 unspecified atom stereocenters. The number of amides is 1. The van der Waals surface area contributed by atoms with Crippen molar-refractivity contribution < 1.29 is 17.6 Å². The lowest BCUT2D eigenvalue weighted by Gasteiger charge is -2.26. The van der Waals surface area contributed by atoms with E-state index in [0.717, 1.165) is 37.7 Å². The second-order valence-electron chi connectivity index (χ2n) is 8.83.